The standard InChI is InChI=1S/C13H7ClN2O3/c14-12-4-3-9(5-11(12)13(17)18)19-10-2-1-8(6-15)16-7-10/h1-5,7H,(H,17,18). The molecule has 94 valence electrons. The van der Waals surface area contributed by atoms with Crippen molar-refractivity contribution in [1.29, 1.82) is 5.26 Å². The number of benzene rings is 1. The summed E-state index contributed by atoms with van der Waals surface area (Å²) in [5.74, 6) is -0.403. The van der Waals surface area contributed by atoms with E-state index in [9.17, 15) is 4.79 Å². The number of aromatic carboxylic acids is 1. The van der Waals surface area contributed by atoms with Gasteiger partial charge in [-0.05, 0) is 30.3 Å². The summed E-state index contributed by atoms with van der Waals surface area (Å²) in [6.45, 7) is 0. The van der Waals surface area contributed by atoms with Gasteiger partial charge in [0, 0.05) is 0 Å². The first-order chi connectivity index (χ1) is 9.10. The molecule has 19 heavy (non-hydrogen) atoms. The van der Waals surface area contributed by atoms with Crippen molar-refractivity contribution in [3.05, 3.63) is 52.8 Å². The fourth-order valence-corrected chi connectivity index (χ4v) is 1.57. The Hall–Kier alpha value is -2.58. The topological polar surface area (TPSA) is 83.2 Å². The number of nitrogens with zero attached hydrogens (tertiary/aromatic N) is 2. The number of aromatic nitrogens is 1. The van der Waals surface area contributed by atoms with E-state index >= 15 is 0 Å². The summed E-state index contributed by atoms with van der Waals surface area (Å²) in [6, 6.07) is 9.27. The van der Waals surface area contributed by atoms with E-state index in [0.717, 1.165) is 0 Å². The molecule has 6 heteroatoms. The molecule has 0 unspecified atom stereocenters. The van der Waals surface area contributed by atoms with E-state index in [4.69, 9.17) is 26.7 Å². The van der Waals surface area contributed by atoms with Gasteiger partial charge in [0.25, 0.3) is 0 Å². The molecule has 0 aliphatic heterocycles. The smallest absolute Gasteiger partial charge is 0.337 e. The second-order valence-corrected chi connectivity index (χ2v) is 3.95. The number of rotatable bonds is 3. The molecule has 0 amide bonds. The highest BCUT2D eigenvalue weighted by Crippen LogP contribution is 2.26. The van der Waals surface area contributed by atoms with Crippen LogP contribution in [-0.2, 0) is 0 Å². The van der Waals surface area contributed by atoms with Crippen molar-refractivity contribution in [3.8, 4) is 17.6 Å². The highest BCUT2D eigenvalue weighted by molar-refractivity contribution is 6.33. The molecule has 0 aliphatic carbocycles. The minimum absolute atomic E-state index is 0.0410. The predicted octanol–water partition coefficient (Wildman–Crippen LogP) is 3.10. The highest BCUT2D eigenvalue weighted by atomic mass is 35.5. The van der Waals surface area contributed by atoms with E-state index in [-0.39, 0.29) is 16.3 Å². The molecule has 1 N–H and O–H groups in total. The van der Waals surface area contributed by atoms with E-state index in [1.165, 1.54) is 24.4 Å². The van der Waals surface area contributed by atoms with Crippen LogP contribution < -0.4 is 4.74 Å². The van der Waals surface area contributed by atoms with Gasteiger partial charge in [-0.2, -0.15) is 5.26 Å². The minimum atomic E-state index is -1.13. The van der Waals surface area contributed by atoms with Gasteiger partial charge in [-0.1, -0.05) is 11.6 Å². The summed E-state index contributed by atoms with van der Waals surface area (Å²) < 4.78 is 5.43. The zero-order chi connectivity index (χ0) is 13.8. The molecule has 0 bridgehead atoms. The lowest BCUT2D eigenvalue weighted by atomic mass is 10.2. The molecule has 0 saturated carbocycles. The van der Waals surface area contributed by atoms with Gasteiger partial charge in [0.2, 0.25) is 0 Å². The number of ether oxygens (including phenoxy) is 1. The monoisotopic (exact) mass is 274 g/mol. The predicted molar refractivity (Wildman–Crippen MR) is 67.4 cm³/mol. The number of nitriles is 1. The van der Waals surface area contributed by atoms with Crippen LogP contribution in [-0.4, -0.2) is 16.1 Å². The summed E-state index contributed by atoms with van der Waals surface area (Å²) in [6.07, 6.45) is 1.38. The molecule has 0 radical (unpaired) electrons. The SMILES string of the molecule is N#Cc1ccc(Oc2ccc(Cl)c(C(=O)O)c2)cn1. The van der Waals surface area contributed by atoms with Crippen LogP contribution in [0, 0.1) is 11.3 Å². The Morgan fingerprint density at radius 3 is 2.63 bits per heavy atom. The molecule has 0 aliphatic rings. The van der Waals surface area contributed by atoms with Crippen LogP contribution in [0.3, 0.4) is 0 Å². The third kappa shape index (κ3) is 3.00. The number of carbonyl (C=O) groups is 1. The lowest BCUT2D eigenvalue weighted by Gasteiger charge is -2.06. The van der Waals surface area contributed by atoms with Crippen LogP contribution in [0.25, 0.3) is 0 Å². The maximum absolute atomic E-state index is 10.9. The molecule has 0 spiro atoms. The summed E-state index contributed by atoms with van der Waals surface area (Å²) in [4.78, 5) is 14.8. The van der Waals surface area contributed by atoms with Crippen molar-refractivity contribution in [2.45, 2.75) is 0 Å². The lowest BCUT2D eigenvalue weighted by molar-refractivity contribution is 0.0696. The number of carboxylic acid groups (broad SMARTS) is 1. The Morgan fingerprint density at radius 1 is 1.32 bits per heavy atom. The van der Waals surface area contributed by atoms with E-state index < -0.39 is 5.97 Å². The molecule has 0 saturated heterocycles. The molecule has 2 rings (SSSR count). The first-order valence-corrected chi connectivity index (χ1v) is 5.55. The molecule has 2 aromatic rings. The molecule has 0 atom stereocenters. The third-order valence-corrected chi connectivity index (χ3v) is 2.58. The van der Waals surface area contributed by atoms with Crippen molar-refractivity contribution < 1.29 is 14.6 Å². The Kier molecular flexibility index (Phi) is 3.64. The quantitative estimate of drug-likeness (QED) is 0.930. The third-order valence-electron chi connectivity index (χ3n) is 2.25. The van der Waals surface area contributed by atoms with E-state index in [2.05, 4.69) is 4.98 Å². The van der Waals surface area contributed by atoms with Crippen molar-refractivity contribution in [2.75, 3.05) is 0 Å². The second kappa shape index (κ2) is 5.38. The number of carboxylic acids is 1. The van der Waals surface area contributed by atoms with Crippen molar-refractivity contribution >= 4 is 17.6 Å². The lowest BCUT2D eigenvalue weighted by Crippen LogP contribution is -1.98. The van der Waals surface area contributed by atoms with Crippen molar-refractivity contribution in [1.82, 2.24) is 4.98 Å². The first kappa shape index (κ1) is 12.9. The van der Waals surface area contributed by atoms with Crippen LogP contribution in [0.1, 0.15) is 16.1 Å². The Labute approximate surface area is 113 Å². The number of hydrogen-bond acceptors (Lipinski definition) is 4. The van der Waals surface area contributed by atoms with E-state index in [1.807, 2.05) is 6.07 Å². The van der Waals surface area contributed by atoms with E-state index in [0.29, 0.717) is 11.5 Å². The molecule has 1 aromatic heterocycles. The summed E-state index contributed by atoms with van der Waals surface area (Å²) >= 11 is 5.75. The molecule has 0 fully saturated rings. The molecule has 5 nitrogen and oxygen atoms in total. The van der Waals surface area contributed by atoms with Crippen LogP contribution >= 0.6 is 11.6 Å². The summed E-state index contributed by atoms with van der Waals surface area (Å²) in [7, 11) is 0. The first-order valence-electron chi connectivity index (χ1n) is 5.17. The normalized spacial score (nSPS) is 9.68. The Bertz CT molecular complexity index is 663. The minimum Gasteiger partial charge on any atom is -0.478 e. The molecule has 1 aromatic carbocycles. The van der Waals surface area contributed by atoms with E-state index in [1.54, 1.807) is 12.1 Å². The van der Waals surface area contributed by atoms with Gasteiger partial charge in [-0.3, -0.25) is 0 Å². The van der Waals surface area contributed by atoms with Crippen LogP contribution in [0.2, 0.25) is 5.02 Å². The Morgan fingerprint density at radius 2 is 2.05 bits per heavy atom. The molecule has 1 heterocycles. The van der Waals surface area contributed by atoms with Gasteiger partial charge in [0.05, 0.1) is 16.8 Å². The average molecular weight is 275 g/mol. The van der Waals surface area contributed by atoms with Crippen LogP contribution in [0.5, 0.6) is 11.5 Å². The number of halogens is 1. The molecular weight excluding hydrogens is 268 g/mol. The fourth-order valence-electron chi connectivity index (χ4n) is 1.37. The van der Waals surface area contributed by atoms with Gasteiger partial charge in [-0.25, -0.2) is 9.78 Å². The van der Waals surface area contributed by atoms with Gasteiger partial charge >= 0.3 is 5.97 Å². The second-order valence-electron chi connectivity index (χ2n) is 3.54. The zero-order valence-electron chi connectivity index (χ0n) is 9.50. The number of hydrogen-bond donors (Lipinski definition) is 1. The zero-order valence-corrected chi connectivity index (χ0v) is 10.3. The fraction of sp³-hybridized carbons (Fsp3) is 0. The summed E-state index contributed by atoms with van der Waals surface area (Å²) in [5.41, 5.74) is 0.232. The average Bonchev–Trinajstić information content (AvgIpc) is 2.41. The highest BCUT2D eigenvalue weighted by Gasteiger charge is 2.10. The van der Waals surface area contributed by atoms with Crippen LogP contribution in [0.15, 0.2) is 36.5 Å². The van der Waals surface area contributed by atoms with Crippen molar-refractivity contribution in [2.24, 2.45) is 0 Å². The van der Waals surface area contributed by atoms with Gasteiger partial charge in [-0.15, -0.1) is 0 Å². The van der Waals surface area contributed by atoms with Gasteiger partial charge in [0.1, 0.15) is 23.3 Å². The summed E-state index contributed by atoms with van der Waals surface area (Å²) in [5, 5.41) is 17.7. The van der Waals surface area contributed by atoms with Crippen LogP contribution in [0.4, 0.5) is 0 Å². The molecular formula is C13H7ClN2O3. The van der Waals surface area contributed by atoms with Gasteiger partial charge < -0.3 is 9.84 Å². The number of pyridine rings is 1. The van der Waals surface area contributed by atoms with Crippen molar-refractivity contribution in [3.63, 3.8) is 0 Å². The van der Waals surface area contributed by atoms with Gasteiger partial charge in [0.15, 0.2) is 0 Å². The maximum Gasteiger partial charge on any atom is 0.337 e. The maximum atomic E-state index is 10.9. The largest absolute Gasteiger partial charge is 0.478 e. The Balaban J connectivity index is 2.25.